The fourth-order valence-electron chi connectivity index (χ4n) is 9.33. The lowest BCUT2D eigenvalue weighted by atomic mass is 9.50. The lowest BCUT2D eigenvalue weighted by Crippen LogP contribution is -2.48. The summed E-state index contributed by atoms with van der Waals surface area (Å²) in [5.74, 6) is 6.10. The molecule has 3 saturated carbocycles. The van der Waals surface area contributed by atoms with E-state index in [1.165, 1.54) is 51.4 Å². The largest absolute Gasteiger partial charge is 0.458 e. The second-order valence-corrected chi connectivity index (χ2v) is 13.9. The molecule has 0 spiro atoms. The Labute approximate surface area is 226 Å². The van der Waals surface area contributed by atoms with Gasteiger partial charge in [0.05, 0.1) is 5.56 Å². The number of nitrogen functional groups attached to an aromatic ring is 1. The molecule has 3 nitrogen and oxygen atoms in total. The first-order chi connectivity index (χ1) is 17.7. The lowest BCUT2D eigenvalue weighted by molar-refractivity contribution is -0.0240. The molecule has 0 bridgehead atoms. The number of anilines is 1. The quantitative estimate of drug-likeness (QED) is 0.229. The number of esters is 1. The van der Waals surface area contributed by atoms with Crippen LogP contribution in [0.1, 0.15) is 114 Å². The van der Waals surface area contributed by atoms with Crippen molar-refractivity contribution in [2.45, 2.75) is 111 Å². The molecule has 1 unspecified atom stereocenters. The third kappa shape index (κ3) is 5.26. The van der Waals surface area contributed by atoms with Gasteiger partial charge in [0.2, 0.25) is 0 Å². The van der Waals surface area contributed by atoms with Crippen LogP contribution in [0.5, 0.6) is 0 Å². The van der Waals surface area contributed by atoms with Gasteiger partial charge in [-0.3, -0.25) is 0 Å². The minimum absolute atomic E-state index is 0.000725. The van der Waals surface area contributed by atoms with Gasteiger partial charge < -0.3 is 10.5 Å². The monoisotopic (exact) mass is 505 g/mol. The number of nitrogens with two attached hydrogens (primary N) is 1. The van der Waals surface area contributed by atoms with Crippen LogP contribution in [0.15, 0.2) is 29.8 Å². The summed E-state index contributed by atoms with van der Waals surface area (Å²) in [4.78, 5) is 12.9. The first-order valence-corrected chi connectivity index (χ1v) is 15.4. The average molecular weight is 506 g/mol. The summed E-state index contributed by atoms with van der Waals surface area (Å²) in [5, 5.41) is 0. The van der Waals surface area contributed by atoms with Crippen LogP contribution in [-0.4, -0.2) is 12.1 Å². The highest BCUT2D eigenvalue weighted by atomic mass is 16.5. The maximum atomic E-state index is 12.9. The number of carbonyl (C=O) groups is 1. The van der Waals surface area contributed by atoms with E-state index in [4.69, 9.17) is 10.5 Å². The zero-order valence-corrected chi connectivity index (χ0v) is 24.1. The van der Waals surface area contributed by atoms with E-state index < -0.39 is 0 Å². The summed E-state index contributed by atoms with van der Waals surface area (Å²) in [5.41, 5.74) is 9.99. The number of hydrogen-bond donors (Lipinski definition) is 1. The number of allylic oxidation sites excluding steroid dienone is 1. The molecule has 204 valence electrons. The van der Waals surface area contributed by atoms with E-state index in [-0.39, 0.29) is 12.1 Å². The van der Waals surface area contributed by atoms with E-state index in [9.17, 15) is 4.79 Å². The van der Waals surface area contributed by atoms with Gasteiger partial charge >= 0.3 is 5.97 Å². The molecule has 4 aliphatic carbocycles. The van der Waals surface area contributed by atoms with Gasteiger partial charge in [-0.15, -0.1) is 0 Å². The molecule has 0 aliphatic heterocycles. The Balaban J connectivity index is 1.22. The molecule has 3 fully saturated rings. The van der Waals surface area contributed by atoms with Crippen LogP contribution < -0.4 is 5.73 Å². The molecule has 8 atom stereocenters. The maximum absolute atomic E-state index is 12.9. The van der Waals surface area contributed by atoms with Gasteiger partial charge in [-0.05, 0) is 122 Å². The van der Waals surface area contributed by atoms with E-state index in [2.05, 4.69) is 33.8 Å². The minimum atomic E-state index is -0.194. The van der Waals surface area contributed by atoms with Gasteiger partial charge in [-0.1, -0.05) is 58.6 Å². The predicted octanol–water partition coefficient (Wildman–Crippen LogP) is 8.75. The van der Waals surface area contributed by atoms with Crippen molar-refractivity contribution in [3.05, 3.63) is 41.0 Å². The smallest absolute Gasteiger partial charge is 0.338 e. The second kappa shape index (κ2) is 10.8. The van der Waals surface area contributed by atoms with Gasteiger partial charge in [0.1, 0.15) is 6.10 Å². The number of aryl methyl sites for hydroxylation is 1. The molecular formula is C34H51NO2. The summed E-state index contributed by atoms with van der Waals surface area (Å²) in [6.07, 6.45) is 16.9. The number of ether oxygens (including phenoxy) is 1. The van der Waals surface area contributed by atoms with Crippen LogP contribution in [0.2, 0.25) is 0 Å². The highest BCUT2D eigenvalue weighted by molar-refractivity contribution is 5.91. The van der Waals surface area contributed by atoms with E-state index in [1.807, 2.05) is 19.1 Å². The zero-order valence-electron chi connectivity index (χ0n) is 24.1. The van der Waals surface area contributed by atoms with Crippen molar-refractivity contribution in [1.29, 1.82) is 0 Å². The van der Waals surface area contributed by atoms with E-state index in [0.29, 0.717) is 16.7 Å². The molecule has 0 saturated heterocycles. The number of benzene rings is 1. The number of rotatable bonds is 7. The van der Waals surface area contributed by atoms with Crippen LogP contribution in [0.4, 0.5) is 5.69 Å². The predicted molar refractivity (Wildman–Crippen MR) is 153 cm³/mol. The van der Waals surface area contributed by atoms with Crippen molar-refractivity contribution in [3.8, 4) is 0 Å². The van der Waals surface area contributed by atoms with Crippen molar-refractivity contribution in [2.24, 2.45) is 46.8 Å². The second-order valence-electron chi connectivity index (χ2n) is 13.9. The van der Waals surface area contributed by atoms with Crippen molar-refractivity contribution in [2.75, 3.05) is 5.73 Å². The average Bonchev–Trinajstić information content (AvgIpc) is 3.28. The van der Waals surface area contributed by atoms with Crippen LogP contribution >= 0.6 is 0 Å². The Morgan fingerprint density at radius 1 is 1.05 bits per heavy atom. The Hall–Kier alpha value is -1.77. The number of carbonyl (C=O) groups excluding carboxylic acids is 1. The SMILES string of the molecule is Cc1cc(N)ccc1C(=O)O[C@H]1CC[C@@]2(C)C(=CC[C@H]3[C@@H]4CC[C@H]([C@H](C)CCCC(C)C)C4CC[C@@H]32)C1. The van der Waals surface area contributed by atoms with Crippen LogP contribution in [0.3, 0.4) is 0 Å². The molecule has 0 aromatic heterocycles. The van der Waals surface area contributed by atoms with Crippen LogP contribution in [-0.2, 0) is 4.74 Å². The summed E-state index contributed by atoms with van der Waals surface area (Å²) < 4.78 is 6.06. The molecule has 1 aromatic carbocycles. The first kappa shape index (κ1) is 26.8. The normalized spacial score (nSPS) is 35.8. The Kier molecular flexibility index (Phi) is 7.81. The number of fused-ring (bicyclic) bond motifs is 5. The summed E-state index contributed by atoms with van der Waals surface area (Å²) in [7, 11) is 0. The maximum Gasteiger partial charge on any atom is 0.338 e. The Bertz CT molecular complexity index is 1010. The third-order valence-electron chi connectivity index (χ3n) is 11.3. The molecule has 0 amide bonds. The molecule has 0 heterocycles. The van der Waals surface area contributed by atoms with Gasteiger partial charge in [-0.2, -0.15) is 0 Å². The molecule has 1 aromatic rings. The molecule has 5 rings (SSSR count). The van der Waals surface area contributed by atoms with Crippen molar-refractivity contribution in [1.82, 2.24) is 0 Å². The highest BCUT2D eigenvalue weighted by Crippen LogP contribution is 2.63. The molecule has 2 N–H and O–H groups in total. The van der Waals surface area contributed by atoms with Gasteiger partial charge in [-0.25, -0.2) is 4.79 Å². The molecule has 37 heavy (non-hydrogen) atoms. The standard InChI is InChI=1S/C34H51NO2/c1-21(2)7-6-8-22(3)27-13-14-30-29(27)15-16-32-31(30)11-9-24-20-26(17-18-34(24,32)5)37-33(36)28-12-10-25(35)19-23(28)4/h9-10,12,19,21-22,26-27,29-32H,6-8,11,13-18,20,35H2,1-5H3/t22-,26+,27-,29?,30-,31+,32+,34+/m1/s1. The first-order valence-electron chi connectivity index (χ1n) is 15.4. The molecule has 3 heteroatoms. The lowest BCUT2D eigenvalue weighted by Gasteiger charge is -2.55. The summed E-state index contributed by atoms with van der Waals surface area (Å²) in [6, 6.07) is 5.46. The fraction of sp³-hybridized carbons (Fsp3) is 0.735. The van der Waals surface area contributed by atoms with Gasteiger partial charge in [0, 0.05) is 12.1 Å². The molecule has 0 radical (unpaired) electrons. The van der Waals surface area contributed by atoms with E-state index in [0.717, 1.165) is 66.3 Å². The molecule has 4 aliphatic rings. The van der Waals surface area contributed by atoms with Gasteiger partial charge in [0.15, 0.2) is 0 Å². The van der Waals surface area contributed by atoms with Crippen molar-refractivity contribution in [3.63, 3.8) is 0 Å². The van der Waals surface area contributed by atoms with E-state index >= 15 is 0 Å². The Morgan fingerprint density at radius 2 is 1.84 bits per heavy atom. The zero-order chi connectivity index (χ0) is 26.3. The van der Waals surface area contributed by atoms with Crippen LogP contribution in [0, 0.1) is 53.8 Å². The molecular weight excluding hydrogens is 454 g/mol. The van der Waals surface area contributed by atoms with E-state index in [1.54, 1.807) is 11.6 Å². The third-order valence-corrected chi connectivity index (χ3v) is 11.3. The fourth-order valence-corrected chi connectivity index (χ4v) is 9.33. The van der Waals surface area contributed by atoms with Gasteiger partial charge in [0.25, 0.3) is 0 Å². The highest BCUT2D eigenvalue weighted by Gasteiger charge is 2.54. The minimum Gasteiger partial charge on any atom is -0.458 e. The Morgan fingerprint density at radius 3 is 2.59 bits per heavy atom. The summed E-state index contributed by atoms with van der Waals surface area (Å²) >= 11 is 0. The van der Waals surface area contributed by atoms with Crippen LogP contribution in [0.25, 0.3) is 0 Å². The van der Waals surface area contributed by atoms with Crippen molar-refractivity contribution >= 4 is 11.7 Å². The summed E-state index contributed by atoms with van der Waals surface area (Å²) in [6.45, 7) is 11.8. The van der Waals surface area contributed by atoms with Crippen molar-refractivity contribution < 1.29 is 9.53 Å². The topological polar surface area (TPSA) is 52.3 Å². The number of hydrogen-bond acceptors (Lipinski definition) is 3.